The second kappa shape index (κ2) is 9.57. The van der Waals surface area contributed by atoms with Gasteiger partial charge >= 0.3 is 0 Å². The van der Waals surface area contributed by atoms with Crippen molar-refractivity contribution in [3.8, 4) is 17.1 Å². The van der Waals surface area contributed by atoms with Gasteiger partial charge in [-0.2, -0.15) is 4.37 Å². The van der Waals surface area contributed by atoms with Crippen molar-refractivity contribution in [2.75, 3.05) is 38.3 Å². The highest BCUT2D eigenvalue weighted by molar-refractivity contribution is 7.10. The molecule has 176 valence electrons. The molecule has 1 fully saturated rings. The number of ether oxygens (including phenoxy) is 2. The average molecular weight is 503 g/mol. The smallest absolute Gasteiger partial charge is 0.255 e. The molecule has 1 amide bonds. The molecule has 8 nitrogen and oxygen atoms in total. The van der Waals surface area contributed by atoms with Gasteiger partial charge in [-0.3, -0.25) is 4.79 Å². The summed E-state index contributed by atoms with van der Waals surface area (Å²) in [6.45, 7) is 2.64. The molecule has 4 aromatic rings. The summed E-state index contributed by atoms with van der Waals surface area (Å²) in [6, 6.07) is 9.46. The molecule has 5 rings (SSSR count). The number of amides is 1. The lowest BCUT2D eigenvalue weighted by Gasteiger charge is -2.30. The van der Waals surface area contributed by atoms with Crippen LogP contribution in [0.25, 0.3) is 22.3 Å². The summed E-state index contributed by atoms with van der Waals surface area (Å²) < 4.78 is 35.8. The molecule has 0 spiro atoms. The fourth-order valence-corrected chi connectivity index (χ4v) is 4.49. The van der Waals surface area contributed by atoms with E-state index in [1.54, 1.807) is 25.2 Å². The summed E-state index contributed by atoms with van der Waals surface area (Å²) in [4.78, 5) is 19.2. The Bertz CT molecular complexity index is 1330. The summed E-state index contributed by atoms with van der Waals surface area (Å²) in [7, 11) is 1.55. The van der Waals surface area contributed by atoms with Gasteiger partial charge in [0.2, 0.25) is 4.47 Å². The predicted octanol–water partition coefficient (Wildman–Crippen LogP) is 4.52. The number of hydrogen-bond donors (Lipinski definition) is 1. The Hall–Kier alpha value is -3.21. The van der Waals surface area contributed by atoms with Crippen molar-refractivity contribution in [2.45, 2.75) is 6.61 Å². The molecular weight excluding hydrogens is 483 g/mol. The van der Waals surface area contributed by atoms with Gasteiger partial charge in [0, 0.05) is 37.2 Å². The highest BCUT2D eigenvalue weighted by Crippen LogP contribution is 2.41. The Morgan fingerprint density at radius 1 is 1.26 bits per heavy atom. The maximum absolute atomic E-state index is 13.5. The Morgan fingerprint density at radius 2 is 2.03 bits per heavy atom. The van der Waals surface area contributed by atoms with Crippen LogP contribution in [0.15, 0.2) is 40.8 Å². The molecule has 0 unspecified atom stereocenters. The predicted molar refractivity (Wildman–Crippen MR) is 127 cm³/mol. The Balaban J connectivity index is 1.64. The summed E-state index contributed by atoms with van der Waals surface area (Å²) in [5, 5.41) is 3.24. The van der Waals surface area contributed by atoms with E-state index < -0.39 is 0 Å². The highest BCUT2D eigenvalue weighted by Gasteiger charge is 2.25. The molecule has 1 saturated heterocycles. The molecule has 11 heteroatoms. The van der Waals surface area contributed by atoms with E-state index in [9.17, 15) is 9.18 Å². The van der Waals surface area contributed by atoms with Crippen LogP contribution in [0, 0.1) is 5.82 Å². The number of fused-ring (bicyclic) bond motifs is 1. The second-order valence-corrected chi connectivity index (χ2v) is 8.89. The van der Waals surface area contributed by atoms with Gasteiger partial charge < -0.3 is 24.1 Å². The van der Waals surface area contributed by atoms with E-state index >= 15 is 0 Å². The van der Waals surface area contributed by atoms with Gasteiger partial charge in [-0.15, -0.1) is 0 Å². The molecule has 0 bridgehead atoms. The zero-order chi connectivity index (χ0) is 23.7. The lowest BCUT2D eigenvalue weighted by molar-refractivity contribution is 0.0964. The first-order valence-electron chi connectivity index (χ1n) is 10.6. The van der Waals surface area contributed by atoms with Crippen LogP contribution in [0.2, 0.25) is 4.47 Å². The van der Waals surface area contributed by atoms with Crippen LogP contribution in [-0.2, 0) is 11.3 Å². The van der Waals surface area contributed by atoms with Crippen LogP contribution in [-0.4, -0.2) is 48.6 Å². The van der Waals surface area contributed by atoms with E-state index in [0.717, 1.165) is 17.2 Å². The minimum atomic E-state index is -0.373. The molecule has 0 saturated carbocycles. The third-order valence-electron chi connectivity index (χ3n) is 5.48. The zero-order valence-electron chi connectivity index (χ0n) is 18.1. The number of benzene rings is 2. The molecule has 34 heavy (non-hydrogen) atoms. The van der Waals surface area contributed by atoms with Gasteiger partial charge in [0.05, 0.1) is 24.5 Å². The van der Waals surface area contributed by atoms with E-state index in [1.807, 2.05) is 6.07 Å². The van der Waals surface area contributed by atoms with Crippen molar-refractivity contribution in [1.82, 2.24) is 14.7 Å². The number of carbonyl (C=O) groups excluding carboxylic acids is 1. The topological polar surface area (TPSA) is 89.7 Å². The maximum Gasteiger partial charge on any atom is 0.255 e. The lowest BCUT2D eigenvalue weighted by Crippen LogP contribution is -2.36. The average Bonchev–Trinajstić information content (AvgIpc) is 3.45. The number of morpholine rings is 1. The number of carbonyl (C=O) groups is 1. The summed E-state index contributed by atoms with van der Waals surface area (Å²) in [6.07, 6.45) is 0. The van der Waals surface area contributed by atoms with Gasteiger partial charge in [-0.05, 0) is 53.5 Å². The Labute approximate surface area is 203 Å². The maximum atomic E-state index is 13.5. The third-order valence-corrected chi connectivity index (χ3v) is 6.32. The molecule has 0 aliphatic carbocycles. The number of anilines is 1. The SMILES string of the molecule is CNC(=O)c1c(-c2ccc(F)cc2)oc2cc(N3CCOCC3)c(OCc3nsc(Cl)n3)cc12. The molecule has 2 aromatic carbocycles. The minimum absolute atomic E-state index is 0.115. The Kier molecular flexibility index (Phi) is 6.36. The van der Waals surface area contributed by atoms with E-state index in [4.69, 9.17) is 25.5 Å². The van der Waals surface area contributed by atoms with E-state index in [1.165, 1.54) is 12.1 Å². The van der Waals surface area contributed by atoms with Crippen molar-refractivity contribution in [3.05, 3.63) is 58.1 Å². The van der Waals surface area contributed by atoms with Crippen molar-refractivity contribution in [1.29, 1.82) is 0 Å². The number of rotatable bonds is 6. The molecule has 2 aromatic heterocycles. The van der Waals surface area contributed by atoms with E-state index in [2.05, 4.69) is 19.6 Å². The third kappa shape index (κ3) is 4.44. The van der Waals surface area contributed by atoms with Crippen molar-refractivity contribution >= 4 is 45.7 Å². The van der Waals surface area contributed by atoms with Crippen molar-refractivity contribution in [3.63, 3.8) is 0 Å². The summed E-state index contributed by atoms with van der Waals surface area (Å²) in [5.74, 6) is 0.677. The lowest BCUT2D eigenvalue weighted by atomic mass is 10.0. The summed E-state index contributed by atoms with van der Waals surface area (Å²) in [5.41, 5.74) is 2.26. The molecule has 1 N–H and O–H groups in total. The first-order valence-corrected chi connectivity index (χ1v) is 11.7. The van der Waals surface area contributed by atoms with Crippen molar-refractivity contribution in [2.24, 2.45) is 0 Å². The highest BCUT2D eigenvalue weighted by atomic mass is 35.5. The van der Waals surface area contributed by atoms with Gasteiger partial charge in [0.15, 0.2) is 5.82 Å². The number of hydrogen-bond acceptors (Lipinski definition) is 8. The van der Waals surface area contributed by atoms with Crippen LogP contribution in [0.5, 0.6) is 5.75 Å². The van der Waals surface area contributed by atoms with Gasteiger partial charge in [-0.1, -0.05) is 0 Å². The number of furan rings is 1. The molecule has 3 heterocycles. The minimum Gasteiger partial charge on any atom is -0.483 e. The fourth-order valence-electron chi connectivity index (χ4n) is 3.87. The molecule has 0 radical (unpaired) electrons. The normalized spacial score (nSPS) is 13.9. The summed E-state index contributed by atoms with van der Waals surface area (Å²) >= 11 is 6.99. The van der Waals surface area contributed by atoms with E-state index in [0.29, 0.717) is 70.2 Å². The molecular formula is C23H20ClFN4O4S. The van der Waals surface area contributed by atoms with Crippen LogP contribution < -0.4 is 15.0 Å². The number of halogens is 2. The standard InChI is InChI=1S/C23H20ClFN4O4S/c1-26-22(30)20-15-10-18(32-12-19-27-23(24)34-28-19)16(29-6-8-31-9-7-29)11-17(15)33-21(20)13-2-4-14(25)5-3-13/h2-5,10-11H,6-9,12H2,1H3,(H,26,30). The Morgan fingerprint density at radius 3 is 2.71 bits per heavy atom. The largest absolute Gasteiger partial charge is 0.483 e. The van der Waals surface area contributed by atoms with E-state index in [-0.39, 0.29) is 18.3 Å². The van der Waals surface area contributed by atoms with Crippen LogP contribution in [0.4, 0.5) is 10.1 Å². The molecule has 1 aliphatic heterocycles. The zero-order valence-corrected chi connectivity index (χ0v) is 19.7. The first kappa shape index (κ1) is 22.6. The monoisotopic (exact) mass is 502 g/mol. The van der Waals surface area contributed by atoms with Crippen LogP contribution in [0.1, 0.15) is 16.2 Å². The number of aromatic nitrogens is 2. The van der Waals surface area contributed by atoms with Crippen LogP contribution in [0.3, 0.4) is 0 Å². The quantitative estimate of drug-likeness (QED) is 0.414. The van der Waals surface area contributed by atoms with Gasteiger partial charge in [0.1, 0.15) is 29.5 Å². The fraction of sp³-hybridized carbons (Fsp3) is 0.261. The first-order chi connectivity index (χ1) is 16.5. The van der Waals surface area contributed by atoms with Gasteiger partial charge in [-0.25, -0.2) is 9.37 Å². The molecule has 0 atom stereocenters. The van der Waals surface area contributed by atoms with Crippen molar-refractivity contribution < 1.29 is 23.1 Å². The van der Waals surface area contributed by atoms with Crippen LogP contribution >= 0.6 is 23.1 Å². The van der Waals surface area contributed by atoms with Gasteiger partial charge in [0.25, 0.3) is 5.91 Å². The second-order valence-electron chi connectivity index (χ2n) is 7.56. The number of nitrogens with one attached hydrogen (secondary N) is 1. The number of nitrogens with zero attached hydrogens (tertiary/aromatic N) is 3. The molecule has 1 aliphatic rings.